The Balaban J connectivity index is 2.58. The number of carboxylic acid groups (broad SMARTS) is 1. The SMILES string of the molecule is [NH][C@@H](Cc1ccccc1)C(=O)O. The van der Waals surface area contributed by atoms with E-state index >= 15 is 0 Å². The lowest BCUT2D eigenvalue weighted by molar-refractivity contribution is -0.138. The van der Waals surface area contributed by atoms with Crippen LogP contribution < -0.4 is 5.73 Å². The highest BCUT2D eigenvalue weighted by Gasteiger charge is 2.11. The van der Waals surface area contributed by atoms with E-state index in [1.54, 1.807) is 0 Å². The summed E-state index contributed by atoms with van der Waals surface area (Å²) in [5, 5.41) is 8.46. The van der Waals surface area contributed by atoms with Crippen LogP contribution in [-0.2, 0) is 11.2 Å². The summed E-state index contributed by atoms with van der Waals surface area (Å²) in [6, 6.07) is 8.14. The van der Waals surface area contributed by atoms with Crippen molar-refractivity contribution in [2.75, 3.05) is 0 Å². The molecule has 0 bridgehead atoms. The molecule has 12 heavy (non-hydrogen) atoms. The van der Waals surface area contributed by atoms with Gasteiger partial charge in [-0.25, -0.2) is 5.73 Å². The van der Waals surface area contributed by atoms with Gasteiger partial charge in [-0.15, -0.1) is 0 Å². The Labute approximate surface area is 70.8 Å². The average Bonchev–Trinajstić information content (AvgIpc) is 2.06. The van der Waals surface area contributed by atoms with E-state index in [9.17, 15) is 4.79 Å². The van der Waals surface area contributed by atoms with Crippen molar-refractivity contribution in [3.05, 3.63) is 35.9 Å². The van der Waals surface area contributed by atoms with Crippen LogP contribution in [0.4, 0.5) is 0 Å². The minimum atomic E-state index is -1.07. The molecule has 0 aromatic heterocycles. The van der Waals surface area contributed by atoms with Gasteiger partial charge in [0.15, 0.2) is 0 Å². The van der Waals surface area contributed by atoms with Gasteiger partial charge in [0.2, 0.25) is 0 Å². The number of aliphatic carboxylic acids is 1. The van der Waals surface area contributed by atoms with Crippen molar-refractivity contribution < 1.29 is 9.90 Å². The Morgan fingerprint density at radius 2 is 2.00 bits per heavy atom. The lowest BCUT2D eigenvalue weighted by Crippen LogP contribution is -2.23. The summed E-state index contributed by atoms with van der Waals surface area (Å²) in [5.74, 6) is -1.07. The quantitative estimate of drug-likeness (QED) is 0.723. The summed E-state index contributed by atoms with van der Waals surface area (Å²) in [6.07, 6.45) is 0.274. The summed E-state index contributed by atoms with van der Waals surface area (Å²) < 4.78 is 0. The maximum atomic E-state index is 10.3. The summed E-state index contributed by atoms with van der Waals surface area (Å²) in [7, 11) is 0. The predicted octanol–water partition coefficient (Wildman–Crippen LogP) is 0.965. The van der Waals surface area contributed by atoms with E-state index in [4.69, 9.17) is 10.8 Å². The molecular formula is C9H10NO2. The lowest BCUT2D eigenvalue weighted by Gasteiger charge is -2.03. The van der Waals surface area contributed by atoms with Crippen molar-refractivity contribution in [2.45, 2.75) is 12.5 Å². The monoisotopic (exact) mass is 164 g/mol. The molecule has 1 atom stereocenters. The molecule has 1 radical (unpaired) electrons. The first-order valence-corrected chi connectivity index (χ1v) is 3.68. The molecule has 3 nitrogen and oxygen atoms in total. The molecule has 63 valence electrons. The fourth-order valence-corrected chi connectivity index (χ4v) is 0.937. The molecule has 0 saturated carbocycles. The second-order valence-corrected chi connectivity index (χ2v) is 2.58. The Bertz CT molecular complexity index is 258. The van der Waals surface area contributed by atoms with E-state index in [1.165, 1.54) is 0 Å². The smallest absolute Gasteiger partial charge is 0.322 e. The maximum absolute atomic E-state index is 10.3. The Kier molecular flexibility index (Phi) is 2.82. The van der Waals surface area contributed by atoms with E-state index in [-0.39, 0.29) is 6.42 Å². The number of benzene rings is 1. The van der Waals surface area contributed by atoms with Crippen molar-refractivity contribution in [1.29, 1.82) is 0 Å². The average molecular weight is 164 g/mol. The lowest BCUT2D eigenvalue weighted by atomic mass is 10.1. The zero-order valence-corrected chi connectivity index (χ0v) is 6.53. The van der Waals surface area contributed by atoms with Crippen LogP contribution in [0.5, 0.6) is 0 Å². The highest BCUT2D eigenvalue weighted by molar-refractivity contribution is 5.73. The van der Waals surface area contributed by atoms with Gasteiger partial charge < -0.3 is 5.11 Å². The summed E-state index contributed by atoms with van der Waals surface area (Å²) in [4.78, 5) is 10.3. The zero-order chi connectivity index (χ0) is 8.97. The molecule has 0 spiro atoms. The molecular weight excluding hydrogens is 154 g/mol. The Hall–Kier alpha value is -1.35. The van der Waals surface area contributed by atoms with Gasteiger partial charge in [0.1, 0.15) is 6.04 Å². The fourth-order valence-electron chi connectivity index (χ4n) is 0.937. The molecule has 0 aliphatic rings. The summed E-state index contributed by atoms with van der Waals surface area (Å²) in [5.41, 5.74) is 8.05. The van der Waals surface area contributed by atoms with Crippen molar-refractivity contribution in [1.82, 2.24) is 5.73 Å². The van der Waals surface area contributed by atoms with E-state index in [1.807, 2.05) is 30.3 Å². The largest absolute Gasteiger partial charge is 0.480 e. The summed E-state index contributed by atoms with van der Waals surface area (Å²) in [6.45, 7) is 0. The molecule has 0 unspecified atom stereocenters. The molecule has 1 aromatic carbocycles. The first kappa shape index (κ1) is 8.74. The highest BCUT2D eigenvalue weighted by Crippen LogP contribution is 2.02. The third-order valence-corrected chi connectivity index (χ3v) is 1.58. The van der Waals surface area contributed by atoms with Gasteiger partial charge in [-0.05, 0) is 12.0 Å². The molecule has 0 saturated heterocycles. The van der Waals surface area contributed by atoms with E-state index in [0.717, 1.165) is 5.56 Å². The van der Waals surface area contributed by atoms with Gasteiger partial charge in [0.05, 0.1) is 0 Å². The van der Waals surface area contributed by atoms with Gasteiger partial charge >= 0.3 is 5.97 Å². The molecule has 1 rings (SSSR count). The Morgan fingerprint density at radius 1 is 1.42 bits per heavy atom. The number of carbonyl (C=O) groups is 1. The van der Waals surface area contributed by atoms with E-state index in [2.05, 4.69) is 0 Å². The van der Waals surface area contributed by atoms with Gasteiger partial charge in [-0.2, -0.15) is 0 Å². The van der Waals surface area contributed by atoms with E-state index < -0.39 is 12.0 Å². The normalized spacial score (nSPS) is 12.4. The third-order valence-electron chi connectivity index (χ3n) is 1.58. The second-order valence-electron chi connectivity index (χ2n) is 2.58. The maximum Gasteiger partial charge on any atom is 0.322 e. The molecule has 1 aromatic rings. The van der Waals surface area contributed by atoms with Crippen LogP contribution in [0.1, 0.15) is 5.56 Å². The molecule has 0 amide bonds. The van der Waals surface area contributed by atoms with Crippen molar-refractivity contribution in [3.63, 3.8) is 0 Å². The highest BCUT2D eigenvalue weighted by atomic mass is 16.4. The van der Waals surface area contributed by atoms with Gasteiger partial charge in [0.25, 0.3) is 0 Å². The number of nitrogens with one attached hydrogen (secondary N) is 1. The number of hydrogen-bond donors (Lipinski definition) is 1. The number of carboxylic acids is 1. The Morgan fingerprint density at radius 3 is 2.50 bits per heavy atom. The number of rotatable bonds is 3. The second kappa shape index (κ2) is 3.88. The van der Waals surface area contributed by atoms with Crippen LogP contribution in [0.3, 0.4) is 0 Å². The molecule has 3 heteroatoms. The van der Waals surface area contributed by atoms with Crippen LogP contribution in [0.2, 0.25) is 0 Å². The van der Waals surface area contributed by atoms with Crippen LogP contribution in [0.25, 0.3) is 0 Å². The van der Waals surface area contributed by atoms with Gasteiger partial charge in [0, 0.05) is 0 Å². The van der Waals surface area contributed by atoms with Crippen molar-refractivity contribution >= 4 is 5.97 Å². The molecule has 0 aliphatic carbocycles. The van der Waals surface area contributed by atoms with Gasteiger partial charge in [-0.3, -0.25) is 4.79 Å². The zero-order valence-electron chi connectivity index (χ0n) is 6.53. The standard InChI is InChI=1S/C9H10NO2/c10-8(9(11)12)6-7-4-2-1-3-5-7/h1-5,8,10H,6H2,(H,11,12)/t8-/m0/s1. The van der Waals surface area contributed by atoms with Crippen LogP contribution in [0, 0.1) is 0 Å². The summed E-state index contributed by atoms with van der Waals surface area (Å²) >= 11 is 0. The van der Waals surface area contributed by atoms with Crippen molar-refractivity contribution in [3.8, 4) is 0 Å². The predicted molar refractivity (Wildman–Crippen MR) is 44.7 cm³/mol. The number of hydrogen-bond acceptors (Lipinski definition) is 1. The topological polar surface area (TPSA) is 61.1 Å². The van der Waals surface area contributed by atoms with Crippen LogP contribution in [-0.4, -0.2) is 17.1 Å². The van der Waals surface area contributed by atoms with Gasteiger partial charge in [-0.1, -0.05) is 30.3 Å². The third kappa shape index (κ3) is 2.36. The first-order chi connectivity index (χ1) is 5.70. The first-order valence-electron chi connectivity index (χ1n) is 3.68. The minimum Gasteiger partial charge on any atom is -0.480 e. The molecule has 0 aliphatic heterocycles. The fraction of sp³-hybridized carbons (Fsp3) is 0.222. The van der Waals surface area contributed by atoms with Crippen LogP contribution >= 0.6 is 0 Å². The van der Waals surface area contributed by atoms with Crippen molar-refractivity contribution in [2.24, 2.45) is 0 Å². The molecule has 2 N–H and O–H groups in total. The molecule has 0 heterocycles. The molecule has 0 fully saturated rings. The van der Waals surface area contributed by atoms with E-state index in [0.29, 0.717) is 0 Å². The minimum absolute atomic E-state index is 0.274. The van der Waals surface area contributed by atoms with Crippen LogP contribution in [0.15, 0.2) is 30.3 Å².